The van der Waals surface area contributed by atoms with Gasteiger partial charge < -0.3 is 20.4 Å². The average Bonchev–Trinajstić information content (AvgIpc) is 3.28. The number of nitrogens with one attached hydrogen (secondary N) is 1. The van der Waals surface area contributed by atoms with Crippen LogP contribution in [0.2, 0.25) is 5.02 Å². The van der Waals surface area contributed by atoms with Crippen LogP contribution in [0.3, 0.4) is 0 Å². The largest absolute Gasteiger partial charge is 0.484 e. The van der Waals surface area contributed by atoms with Crippen molar-refractivity contribution in [1.82, 2.24) is 14.8 Å². The standard InChI is InChI=1S/C18H18ClN5O3S2/c1-10(16(26)21-17-11(15(20)25)7-8-28-17)29-18-23-22-14(24(18)2)9-27-13-6-4-3-5-12(13)19/h3-8,10H,9H2,1-2H3,(H2,20,25)(H,21,26). The number of nitrogens with two attached hydrogens (primary N) is 1. The Morgan fingerprint density at radius 2 is 2.10 bits per heavy atom. The molecule has 2 amide bonds. The Morgan fingerprint density at radius 3 is 2.83 bits per heavy atom. The Bertz CT molecular complexity index is 1040. The second kappa shape index (κ2) is 9.29. The van der Waals surface area contributed by atoms with Crippen LogP contribution in [-0.2, 0) is 18.4 Å². The molecule has 0 fully saturated rings. The summed E-state index contributed by atoms with van der Waals surface area (Å²) in [5, 5.41) is 13.7. The lowest BCUT2D eigenvalue weighted by molar-refractivity contribution is -0.115. The lowest BCUT2D eigenvalue weighted by Gasteiger charge is -2.11. The van der Waals surface area contributed by atoms with Crippen molar-refractivity contribution in [3.05, 3.63) is 52.1 Å². The van der Waals surface area contributed by atoms with Gasteiger partial charge in [-0.2, -0.15) is 0 Å². The van der Waals surface area contributed by atoms with Gasteiger partial charge in [-0.1, -0.05) is 35.5 Å². The summed E-state index contributed by atoms with van der Waals surface area (Å²) in [5.74, 6) is 0.296. The number of carbonyl (C=O) groups is 2. The van der Waals surface area contributed by atoms with Crippen molar-refractivity contribution in [2.24, 2.45) is 12.8 Å². The molecule has 2 aromatic heterocycles. The third-order valence-electron chi connectivity index (χ3n) is 3.94. The minimum atomic E-state index is -0.585. The number of primary amides is 1. The zero-order valence-electron chi connectivity index (χ0n) is 15.6. The SMILES string of the molecule is CC(Sc1nnc(COc2ccccc2Cl)n1C)C(=O)Nc1sccc1C(N)=O. The van der Waals surface area contributed by atoms with Crippen molar-refractivity contribution in [1.29, 1.82) is 0 Å². The highest BCUT2D eigenvalue weighted by atomic mass is 35.5. The number of thioether (sulfide) groups is 1. The van der Waals surface area contributed by atoms with Crippen molar-refractivity contribution in [2.45, 2.75) is 23.9 Å². The lowest BCUT2D eigenvalue weighted by atomic mass is 10.3. The fraction of sp³-hybridized carbons (Fsp3) is 0.222. The molecule has 0 aliphatic carbocycles. The van der Waals surface area contributed by atoms with Crippen LogP contribution in [0.4, 0.5) is 5.00 Å². The molecule has 0 bridgehead atoms. The van der Waals surface area contributed by atoms with Crippen molar-refractivity contribution in [3.63, 3.8) is 0 Å². The van der Waals surface area contributed by atoms with Crippen LogP contribution in [0.25, 0.3) is 0 Å². The van der Waals surface area contributed by atoms with Gasteiger partial charge in [-0.05, 0) is 30.5 Å². The number of hydrogen-bond donors (Lipinski definition) is 2. The van der Waals surface area contributed by atoms with Crippen LogP contribution in [0, 0.1) is 0 Å². The van der Waals surface area contributed by atoms with Crippen molar-refractivity contribution in [2.75, 3.05) is 5.32 Å². The van der Waals surface area contributed by atoms with Gasteiger partial charge in [-0.3, -0.25) is 9.59 Å². The van der Waals surface area contributed by atoms with E-state index in [1.807, 2.05) is 12.1 Å². The molecule has 3 aromatic rings. The molecule has 152 valence electrons. The number of para-hydroxylation sites is 1. The molecule has 0 radical (unpaired) electrons. The molecule has 29 heavy (non-hydrogen) atoms. The first-order chi connectivity index (χ1) is 13.9. The molecule has 8 nitrogen and oxygen atoms in total. The quantitative estimate of drug-likeness (QED) is 0.508. The smallest absolute Gasteiger partial charge is 0.251 e. The summed E-state index contributed by atoms with van der Waals surface area (Å²) in [6, 6.07) is 8.74. The molecule has 11 heteroatoms. The van der Waals surface area contributed by atoms with Gasteiger partial charge in [0.2, 0.25) is 5.91 Å². The summed E-state index contributed by atoms with van der Waals surface area (Å²) in [7, 11) is 1.79. The molecular weight excluding hydrogens is 434 g/mol. The topological polar surface area (TPSA) is 112 Å². The van der Waals surface area contributed by atoms with Gasteiger partial charge in [0.15, 0.2) is 11.0 Å². The zero-order chi connectivity index (χ0) is 21.0. The van der Waals surface area contributed by atoms with Crippen LogP contribution in [0.1, 0.15) is 23.1 Å². The summed E-state index contributed by atoms with van der Waals surface area (Å²) in [5.41, 5.74) is 5.60. The third-order valence-corrected chi connectivity index (χ3v) is 6.21. The molecular formula is C18H18ClN5O3S2. The fourth-order valence-corrected chi connectivity index (χ4v) is 4.12. The van der Waals surface area contributed by atoms with Crippen LogP contribution >= 0.6 is 34.7 Å². The number of rotatable bonds is 8. The molecule has 0 spiro atoms. The number of amides is 2. The first-order valence-corrected chi connectivity index (χ1v) is 10.6. The van der Waals surface area contributed by atoms with E-state index in [1.165, 1.54) is 23.1 Å². The van der Waals surface area contributed by atoms with E-state index in [0.29, 0.717) is 32.3 Å². The second-order valence-corrected chi connectivity index (χ2v) is 8.59. The summed E-state index contributed by atoms with van der Waals surface area (Å²) >= 11 is 8.57. The van der Waals surface area contributed by atoms with Crippen LogP contribution in [0.15, 0.2) is 40.9 Å². The van der Waals surface area contributed by atoms with E-state index in [2.05, 4.69) is 15.5 Å². The van der Waals surface area contributed by atoms with Crippen molar-refractivity contribution in [3.8, 4) is 5.75 Å². The molecule has 0 aliphatic heterocycles. The highest BCUT2D eigenvalue weighted by Gasteiger charge is 2.21. The van der Waals surface area contributed by atoms with E-state index in [9.17, 15) is 9.59 Å². The van der Waals surface area contributed by atoms with E-state index in [1.54, 1.807) is 42.1 Å². The minimum Gasteiger partial charge on any atom is -0.484 e. The van der Waals surface area contributed by atoms with Gasteiger partial charge in [0.25, 0.3) is 5.91 Å². The molecule has 2 heterocycles. The maximum absolute atomic E-state index is 12.5. The van der Waals surface area contributed by atoms with E-state index >= 15 is 0 Å². The molecule has 0 saturated heterocycles. The van der Waals surface area contributed by atoms with E-state index in [-0.39, 0.29) is 12.5 Å². The van der Waals surface area contributed by atoms with Gasteiger partial charge in [0, 0.05) is 7.05 Å². The first kappa shape index (κ1) is 21.2. The van der Waals surface area contributed by atoms with Crippen LogP contribution in [0.5, 0.6) is 5.75 Å². The summed E-state index contributed by atoms with van der Waals surface area (Å²) in [6.07, 6.45) is 0. The van der Waals surface area contributed by atoms with Gasteiger partial charge in [0.1, 0.15) is 17.4 Å². The number of benzene rings is 1. The number of nitrogens with zero attached hydrogens (tertiary/aromatic N) is 3. The summed E-state index contributed by atoms with van der Waals surface area (Å²) < 4.78 is 7.44. The maximum Gasteiger partial charge on any atom is 0.251 e. The first-order valence-electron chi connectivity index (χ1n) is 8.47. The van der Waals surface area contributed by atoms with E-state index < -0.39 is 11.2 Å². The molecule has 0 saturated carbocycles. The second-order valence-electron chi connectivity index (χ2n) is 5.95. The Morgan fingerprint density at radius 1 is 1.34 bits per heavy atom. The number of anilines is 1. The lowest BCUT2D eigenvalue weighted by Crippen LogP contribution is -2.24. The van der Waals surface area contributed by atoms with Crippen LogP contribution in [-0.4, -0.2) is 31.8 Å². The predicted octanol–water partition coefficient (Wildman–Crippen LogP) is 3.33. The Hall–Kier alpha value is -2.56. The molecule has 0 aliphatic rings. The predicted molar refractivity (Wildman–Crippen MR) is 114 cm³/mol. The van der Waals surface area contributed by atoms with Crippen molar-refractivity contribution >= 4 is 51.5 Å². The fourth-order valence-electron chi connectivity index (χ4n) is 2.30. The highest BCUT2D eigenvalue weighted by molar-refractivity contribution is 8.00. The monoisotopic (exact) mass is 451 g/mol. The highest BCUT2D eigenvalue weighted by Crippen LogP contribution is 2.27. The number of halogens is 1. The number of aromatic nitrogens is 3. The molecule has 1 atom stereocenters. The molecule has 1 aromatic carbocycles. The van der Waals surface area contributed by atoms with E-state index in [0.717, 1.165) is 0 Å². The van der Waals surface area contributed by atoms with Gasteiger partial charge in [0.05, 0.1) is 15.8 Å². The Kier molecular flexibility index (Phi) is 6.78. The number of ether oxygens (including phenoxy) is 1. The van der Waals surface area contributed by atoms with Gasteiger partial charge in [-0.15, -0.1) is 21.5 Å². The minimum absolute atomic E-state index is 0.186. The Balaban J connectivity index is 1.61. The number of carbonyl (C=O) groups excluding carboxylic acids is 2. The summed E-state index contributed by atoms with van der Waals surface area (Å²) in [4.78, 5) is 23.9. The van der Waals surface area contributed by atoms with E-state index in [4.69, 9.17) is 22.1 Å². The normalized spacial score (nSPS) is 11.8. The molecule has 1 unspecified atom stereocenters. The molecule has 3 N–H and O–H groups in total. The van der Waals surface area contributed by atoms with Gasteiger partial charge >= 0.3 is 0 Å². The average molecular weight is 452 g/mol. The summed E-state index contributed by atoms with van der Waals surface area (Å²) in [6.45, 7) is 1.93. The van der Waals surface area contributed by atoms with Crippen LogP contribution < -0.4 is 15.8 Å². The third kappa shape index (κ3) is 5.08. The number of thiophene rings is 1. The van der Waals surface area contributed by atoms with Crippen molar-refractivity contribution < 1.29 is 14.3 Å². The van der Waals surface area contributed by atoms with Gasteiger partial charge in [-0.25, -0.2) is 0 Å². The molecule has 3 rings (SSSR count). The number of hydrogen-bond acceptors (Lipinski definition) is 7. The zero-order valence-corrected chi connectivity index (χ0v) is 18.0. The Labute approximate surface area is 180 Å². The maximum atomic E-state index is 12.5.